The first kappa shape index (κ1) is 11.6. The third-order valence-corrected chi connectivity index (χ3v) is 2.78. The fourth-order valence-electron chi connectivity index (χ4n) is 1.77. The third kappa shape index (κ3) is 2.81. The zero-order valence-corrected chi connectivity index (χ0v) is 10.5. The maximum Gasteiger partial charge on any atom is 0.227 e. The maximum atomic E-state index is 4.32. The third-order valence-electron chi connectivity index (χ3n) is 2.78. The van der Waals surface area contributed by atoms with E-state index in [1.54, 1.807) is 6.20 Å². The van der Waals surface area contributed by atoms with E-state index in [1.165, 1.54) is 11.1 Å². The van der Waals surface area contributed by atoms with Crippen LogP contribution in [0, 0.1) is 13.8 Å². The molecule has 0 aliphatic carbocycles. The second kappa shape index (κ2) is 4.95. The molecule has 0 aliphatic rings. The van der Waals surface area contributed by atoms with Crippen LogP contribution >= 0.6 is 0 Å². The van der Waals surface area contributed by atoms with E-state index in [-0.39, 0.29) is 0 Å². The normalized spacial score (nSPS) is 10.3. The van der Waals surface area contributed by atoms with Gasteiger partial charge >= 0.3 is 0 Å². The largest absolute Gasteiger partial charge is 0.324 e. The van der Waals surface area contributed by atoms with Crippen molar-refractivity contribution in [3.05, 3.63) is 47.3 Å². The summed E-state index contributed by atoms with van der Waals surface area (Å²) < 4.78 is 0. The van der Waals surface area contributed by atoms with Crippen LogP contribution in [0.2, 0.25) is 0 Å². The first-order valence-corrected chi connectivity index (χ1v) is 5.85. The van der Waals surface area contributed by atoms with E-state index in [9.17, 15) is 0 Å². The summed E-state index contributed by atoms with van der Waals surface area (Å²) in [5, 5.41) is 3.22. The molecule has 17 heavy (non-hydrogen) atoms. The van der Waals surface area contributed by atoms with Gasteiger partial charge < -0.3 is 5.32 Å². The van der Waals surface area contributed by atoms with Gasteiger partial charge in [0.25, 0.3) is 0 Å². The number of nitrogens with one attached hydrogen (secondary N) is 1. The number of hydrogen-bond acceptors (Lipinski definition) is 3. The van der Waals surface area contributed by atoms with E-state index < -0.39 is 0 Å². The van der Waals surface area contributed by atoms with Crippen LogP contribution in [-0.2, 0) is 6.42 Å². The zero-order valence-electron chi connectivity index (χ0n) is 10.5. The van der Waals surface area contributed by atoms with Crippen LogP contribution in [0.4, 0.5) is 11.6 Å². The van der Waals surface area contributed by atoms with Crippen molar-refractivity contribution in [2.45, 2.75) is 27.2 Å². The molecule has 0 unspecified atom stereocenters. The first-order chi connectivity index (χ1) is 8.19. The molecule has 1 N–H and O–H groups in total. The molecule has 3 heteroatoms. The summed E-state index contributed by atoms with van der Waals surface area (Å²) in [7, 11) is 0. The van der Waals surface area contributed by atoms with Crippen molar-refractivity contribution in [1.29, 1.82) is 0 Å². The Morgan fingerprint density at radius 2 is 2.00 bits per heavy atom. The average molecular weight is 227 g/mol. The average Bonchev–Trinajstić information content (AvgIpc) is 2.32. The Morgan fingerprint density at radius 3 is 2.71 bits per heavy atom. The highest BCUT2D eigenvalue weighted by atomic mass is 15.1. The lowest BCUT2D eigenvalue weighted by Gasteiger charge is -2.08. The minimum absolute atomic E-state index is 0.649. The molecule has 1 aromatic heterocycles. The molecule has 0 spiro atoms. The Morgan fingerprint density at radius 1 is 1.18 bits per heavy atom. The van der Waals surface area contributed by atoms with Gasteiger partial charge in [0.15, 0.2) is 0 Å². The van der Waals surface area contributed by atoms with Crippen LogP contribution in [0.3, 0.4) is 0 Å². The molecule has 2 aromatic rings. The molecular formula is C14H17N3. The fourth-order valence-corrected chi connectivity index (χ4v) is 1.77. The predicted molar refractivity (Wildman–Crippen MR) is 70.6 cm³/mol. The number of benzene rings is 1. The summed E-state index contributed by atoms with van der Waals surface area (Å²) >= 11 is 0. The van der Waals surface area contributed by atoms with Gasteiger partial charge in [0.1, 0.15) is 0 Å². The summed E-state index contributed by atoms with van der Waals surface area (Å²) in [6.07, 6.45) is 2.80. The Hall–Kier alpha value is -1.90. The zero-order chi connectivity index (χ0) is 12.3. The number of nitrogens with zero attached hydrogens (tertiary/aromatic N) is 2. The number of aryl methyl sites for hydroxylation is 3. The first-order valence-electron chi connectivity index (χ1n) is 5.85. The SMILES string of the molecule is CCc1cc(Nc2nccc(C)n2)ccc1C. The highest BCUT2D eigenvalue weighted by Crippen LogP contribution is 2.18. The van der Waals surface area contributed by atoms with Gasteiger partial charge in [-0.15, -0.1) is 0 Å². The van der Waals surface area contributed by atoms with E-state index in [1.807, 2.05) is 13.0 Å². The van der Waals surface area contributed by atoms with Crippen LogP contribution < -0.4 is 5.32 Å². The van der Waals surface area contributed by atoms with E-state index in [2.05, 4.69) is 47.3 Å². The molecule has 0 atom stereocenters. The smallest absolute Gasteiger partial charge is 0.227 e. The molecule has 0 saturated heterocycles. The molecular weight excluding hydrogens is 210 g/mol. The van der Waals surface area contributed by atoms with Gasteiger partial charge in [-0.25, -0.2) is 9.97 Å². The predicted octanol–water partition coefficient (Wildman–Crippen LogP) is 3.40. The highest BCUT2D eigenvalue weighted by Gasteiger charge is 2.01. The van der Waals surface area contributed by atoms with Crippen LogP contribution in [0.5, 0.6) is 0 Å². The van der Waals surface area contributed by atoms with Gasteiger partial charge in [-0.2, -0.15) is 0 Å². The van der Waals surface area contributed by atoms with Crippen molar-refractivity contribution in [1.82, 2.24) is 9.97 Å². The van der Waals surface area contributed by atoms with E-state index in [0.29, 0.717) is 5.95 Å². The Labute approximate surface area is 102 Å². The lowest BCUT2D eigenvalue weighted by atomic mass is 10.1. The topological polar surface area (TPSA) is 37.8 Å². The van der Waals surface area contributed by atoms with Gasteiger partial charge in [-0.05, 0) is 49.6 Å². The molecule has 3 nitrogen and oxygen atoms in total. The minimum Gasteiger partial charge on any atom is -0.324 e. The molecule has 0 aliphatic heterocycles. The second-order valence-corrected chi connectivity index (χ2v) is 4.14. The van der Waals surface area contributed by atoms with Crippen molar-refractivity contribution in [3.63, 3.8) is 0 Å². The molecule has 0 amide bonds. The molecule has 0 radical (unpaired) electrons. The van der Waals surface area contributed by atoms with Gasteiger partial charge in [-0.1, -0.05) is 13.0 Å². The summed E-state index contributed by atoms with van der Waals surface area (Å²) in [4.78, 5) is 8.51. The van der Waals surface area contributed by atoms with E-state index in [0.717, 1.165) is 17.8 Å². The summed E-state index contributed by atoms with van der Waals surface area (Å²) in [5.41, 5.74) is 4.68. The van der Waals surface area contributed by atoms with Crippen LogP contribution in [0.25, 0.3) is 0 Å². The number of aromatic nitrogens is 2. The van der Waals surface area contributed by atoms with E-state index >= 15 is 0 Å². The summed E-state index contributed by atoms with van der Waals surface area (Å²) in [5.74, 6) is 0.649. The monoisotopic (exact) mass is 227 g/mol. The summed E-state index contributed by atoms with van der Waals surface area (Å²) in [6.45, 7) is 6.25. The standard InChI is InChI=1S/C14H17N3/c1-4-12-9-13(6-5-10(12)2)17-14-15-8-7-11(3)16-14/h5-9H,4H2,1-3H3,(H,15,16,17). The van der Waals surface area contributed by atoms with Crippen molar-refractivity contribution < 1.29 is 0 Å². The van der Waals surface area contributed by atoms with Crippen molar-refractivity contribution in [2.24, 2.45) is 0 Å². The van der Waals surface area contributed by atoms with Crippen LogP contribution in [-0.4, -0.2) is 9.97 Å². The quantitative estimate of drug-likeness (QED) is 0.873. The number of hydrogen-bond donors (Lipinski definition) is 1. The second-order valence-electron chi connectivity index (χ2n) is 4.14. The Bertz CT molecular complexity index is 521. The molecule has 2 rings (SSSR count). The van der Waals surface area contributed by atoms with E-state index in [4.69, 9.17) is 0 Å². The van der Waals surface area contributed by atoms with Crippen LogP contribution in [0.15, 0.2) is 30.5 Å². The fraction of sp³-hybridized carbons (Fsp3) is 0.286. The minimum atomic E-state index is 0.649. The van der Waals surface area contributed by atoms with Crippen LogP contribution in [0.1, 0.15) is 23.7 Å². The lowest BCUT2D eigenvalue weighted by Crippen LogP contribution is -1.98. The Balaban J connectivity index is 2.24. The molecule has 1 aromatic carbocycles. The van der Waals surface area contributed by atoms with Crippen molar-refractivity contribution in [2.75, 3.05) is 5.32 Å². The molecule has 0 saturated carbocycles. The number of rotatable bonds is 3. The summed E-state index contributed by atoms with van der Waals surface area (Å²) in [6, 6.07) is 8.22. The van der Waals surface area contributed by atoms with Gasteiger partial charge in [-0.3, -0.25) is 0 Å². The molecule has 0 bridgehead atoms. The maximum absolute atomic E-state index is 4.32. The van der Waals surface area contributed by atoms with Gasteiger partial charge in [0, 0.05) is 17.6 Å². The highest BCUT2D eigenvalue weighted by molar-refractivity contribution is 5.55. The lowest BCUT2D eigenvalue weighted by molar-refractivity contribution is 1.09. The number of anilines is 2. The van der Waals surface area contributed by atoms with Crippen molar-refractivity contribution >= 4 is 11.6 Å². The van der Waals surface area contributed by atoms with Gasteiger partial charge in [0.05, 0.1) is 0 Å². The molecule has 88 valence electrons. The Kier molecular flexibility index (Phi) is 3.38. The van der Waals surface area contributed by atoms with Gasteiger partial charge in [0.2, 0.25) is 5.95 Å². The molecule has 0 fully saturated rings. The molecule has 1 heterocycles. The van der Waals surface area contributed by atoms with Crippen molar-refractivity contribution in [3.8, 4) is 0 Å².